The molecule has 0 spiro atoms. The topological polar surface area (TPSA) is 55.6 Å². The Hall–Kier alpha value is -1.75. The highest BCUT2D eigenvalue weighted by Crippen LogP contribution is 2.40. The highest BCUT2D eigenvalue weighted by molar-refractivity contribution is 5.28. The van der Waals surface area contributed by atoms with Crippen LogP contribution in [0.3, 0.4) is 0 Å². The molecular formula is C21H33N5. The van der Waals surface area contributed by atoms with E-state index in [2.05, 4.69) is 70.1 Å². The molecule has 0 fully saturated rings. The Morgan fingerprint density at radius 1 is 1.27 bits per heavy atom. The van der Waals surface area contributed by atoms with Crippen LogP contribution in [0.5, 0.6) is 0 Å². The zero-order valence-electron chi connectivity index (χ0n) is 17.3. The van der Waals surface area contributed by atoms with Gasteiger partial charge in [0.05, 0.1) is 6.20 Å². The fraction of sp³-hybridized carbons (Fsp3) is 0.667. The largest absolute Gasteiger partial charge is 0.306 e. The van der Waals surface area contributed by atoms with E-state index in [1.165, 1.54) is 16.8 Å². The zero-order chi connectivity index (χ0) is 19.1. The summed E-state index contributed by atoms with van der Waals surface area (Å²) in [4.78, 5) is 9.62. The summed E-state index contributed by atoms with van der Waals surface area (Å²) in [5.74, 6) is 0.936. The van der Waals surface area contributed by atoms with Crippen molar-refractivity contribution in [3.05, 3.63) is 41.2 Å². The lowest BCUT2D eigenvalue weighted by atomic mass is 9.74. The molecule has 2 aromatic heterocycles. The van der Waals surface area contributed by atoms with E-state index in [1.807, 2.05) is 17.1 Å². The van der Waals surface area contributed by atoms with Gasteiger partial charge >= 0.3 is 0 Å². The second-order valence-corrected chi connectivity index (χ2v) is 9.75. The predicted molar refractivity (Wildman–Crippen MR) is 105 cm³/mol. The molecule has 2 heterocycles. The van der Waals surface area contributed by atoms with E-state index >= 15 is 0 Å². The van der Waals surface area contributed by atoms with Gasteiger partial charge in [0.15, 0.2) is 0 Å². The van der Waals surface area contributed by atoms with Crippen molar-refractivity contribution in [2.45, 2.75) is 85.4 Å². The van der Waals surface area contributed by atoms with Crippen LogP contribution < -0.4 is 5.32 Å². The van der Waals surface area contributed by atoms with Gasteiger partial charge in [0.1, 0.15) is 5.82 Å². The van der Waals surface area contributed by atoms with E-state index in [1.54, 1.807) is 0 Å². The third-order valence-electron chi connectivity index (χ3n) is 5.09. The molecule has 5 heteroatoms. The number of rotatable bonds is 4. The molecule has 0 aliphatic heterocycles. The van der Waals surface area contributed by atoms with Crippen LogP contribution in [0.15, 0.2) is 18.6 Å². The molecule has 0 saturated carbocycles. The number of fused-ring (bicyclic) bond motifs is 1. The average molecular weight is 356 g/mol. The van der Waals surface area contributed by atoms with Crippen molar-refractivity contribution >= 4 is 0 Å². The van der Waals surface area contributed by atoms with Crippen LogP contribution in [-0.2, 0) is 18.4 Å². The van der Waals surface area contributed by atoms with Crippen LogP contribution in [0.1, 0.15) is 89.6 Å². The minimum atomic E-state index is -0.0228. The van der Waals surface area contributed by atoms with Gasteiger partial charge in [-0.25, -0.2) is 9.97 Å². The Morgan fingerprint density at radius 2 is 2.00 bits per heavy atom. The average Bonchev–Trinajstić information content (AvgIpc) is 2.99. The van der Waals surface area contributed by atoms with E-state index in [0.29, 0.717) is 6.04 Å². The molecule has 2 aromatic rings. The third-order valence-corrected chi connectivity index (χ3v) is 5.09. The highest BCUT2D eigenvalue weighted by Gasteiger charge is 2.34. The summed E-state index contributed by atoms with van der Waals surface area (Å²) in [5.41, 5.74) is 3.89. The Balaban J connectivity index is 1.81. The molecule has 1 aliphatic rings. The molecule has 1 aliphatic carbocycles. The van der Waals surface area contributed by atoms with Crippen molar-refractivity contribution in [3.8, 4) is 0 Å². The van der Waals surface area contributed by atoms with Gasteiger partial charge in [0.2, 0.25) is 0 Å². The molecule has 0 bridgehead atoms. The molecule has 26 heavy (non-hydrogen) atoms. The first kappa shape index (κ1) is 19.0. The van der Waals surface area contributed by atoms with Crippen molar-refractivity contribution in [1.82, 2.24) is 25.1 Å². The fourth-order valence-corrected chi connectivity index (χ4v) is 3.58. The molecule has 0 saturated heterocycles. The molecule has 0 amide bonds. The van der Waals surface area contributed by atoms with E-state index in [0.717, 1.165) is 25.2 Å². The maximum atomic E-state index is 4.95. The van der Waals surface area contributed by atoms with Crippen LogP contribution in [-0.4, -0.2) is 19.7 Å². The molecule has 5 nitrogen and oxygen atoms in total. The van der Waals surface area contributed by atoms with Gasteiger partial charge in [-0.15, -0.1) is 0 Å². The number of hydrogen-bond acceptors (Lipinski definition) is 4. The van der Waals surface area contributed by atoms with E-state index in [-0.39, 0.29) is 16.9 Å². The Morgan fingerprint density at radius 3 is 2.62 bits per heavy atom. The number of nitrogens with zero attached hydrogens (tertiary/aromatic N) is 4. The summed E-state index contributed by atoms with van der Waals surface area (Å²) in [6.45, 7) is 16.3. The van der Waals surface area contributed by atoms with Gasteiger partial charge in [0.25, 0.3) is 0 Å². The molecular weight excluding hydrogens is 322 g/mol. The maximum absolute atomic E-state index is 4.95. The van der Waals surface area contributed by atoms with E-state index in [4.69, 9.17) is 4.98 Å². The molecule has 1 N–H and O–H groups in total. The molecule has 0 aromatic carbocycles. The Kier molecular flexibility index (Phi) is 4.95. The number of hydrogen-bond donors (Lipinski definition) is 1. The lowest BCUT2D eigenvalue weighted by Gasteiger charge is -2.37. The molecule has 142 valence electrons. The first-order valence-corrected chi connectivity index (χ1v) is 9.68. The van der Waals surface area contributed by atoms with Crippen molar-refractivity contribution in [1.29, 1.82) is 0 Å². The second-order valence-electron chi connectivity index (χ2n) is 9.75. The van der Waals surface area contributed by atoms with Gasteiger partial charge < -0.3 is 5.32 Å². The fourth-order valence-electron chi connectivity index (χ4n) is 3.58. The first-order chi connectivity index (χ1) is 12.0. The van der Waals surface area contributed by atoms with Gasteiger partial charge in [-0.3, -0.25) is 4.68 Å². The van der Waals surface area contributed by atoms with E-state index in [9.17, 15) is 0 Å². The van der Waals surface area contributed by atoms with Crippen molar-refractivity contribution < 1.29 is 0 Å². The van der Waals surface area contributed by atoms with Crippen LogP contribution >= 0.6 is 0 Å². The lowest BCUT2D eigenvalue weighted by molar-refractivity contribution is 0.251. The minimum Gasteiger partial charge on any atom is -0.306 e. The van der Waals surface area contributed by atoms with Gasteiger partial charge in [-0.2, -0.15) is 5.10 Å². The quantitative estimate of drug-likeness (QED) is 0.885. The van der Waals surface area contributed by atoms with Gasteiger partial charge in [-0.1, -0.05) is 34.6 Å². The molecule has 0 radical (unpaired) electrons. The summed E-state index contributed by atoms with van der Waals surface area (Å²) >= 11 is 0. The summed E-state index contributed by atoms with van der Waals surface area (Å²) < 4.78 is 2.01. The summed E-state index contributed by atoms with van der Waals surface area (Å²) in [6, 6.07) is 0.674. The Bertz CT molecular complexity index is 767. The number of nitrogens with one attached hydrogen (secondary N) is 1. The van der Waals surface area contributed by atoms with Crippen LogP contribution in [0, 0.1) is 5.41 Å². The van der Waals surface area contributed by atoms with Gasteiger partial charge in [-0.05, 0) is 32.1 Å². The molecule has 3 rings (SSSR count). The minimum absolute atomic E-state index is 0.0228. The number of aromatic nitrogens is 4. The Labute approximate surface area is 157 Å². The first-order valence-electron chi connectivity index (χ1n) is 9.68. The van der Waals surface area contributed by atoms with Crippen LogP contribution in [0.25, 0.3) is 0 Å². The summed E-state index contributed by atoms with van der Waals surface area (Å²) in [6.07, 6.45) is 8.24. The van der Waals surface area contributed by atoms with Crippen molar-refractivity contribution in [3.63, 3.8) is 0 Å². The highest BCUT2D eigenvalue weighted by atomic mass is 15.3. The summed E-state index contributed by atoms with van der Waals surface area (Å²) in [7, 11) is 0. The van der Waals surface area contributed by atoms with Gasteiger partial charge in [0, 0.05) is 53.3 Å². The van der Waals surface area contributed by atoms with E-state index < -0.39 is 0 Å². The SMILES string of the molecule is CC(C)n1cc(CNC2CC(C)(C)Cc3nc(C(C)(C)C)ncc32)cn1. The maximum Gasteiger partial charge on any atom is 0.133 e. The van der Waals surface area contributed by atoms with Crippen molar-refractivity contribution in [2.75, 3.05) is 0 Å². The summed E-state index contributed by atoms with van der Waals surface area (Å²) in [5, 5.41) is 8.17. The molecule has 1 atom stereocenters. The van der Waals surface area contributed by atoms with Crippen LogP contribution in [0.2, 0.25) is 0 Å². The smallest absolute Gasteiger partial charge is 0.133 e. The normalized spacial score (nSPS) is 19.6. The van der Waals surface area contributed by atoms with Crippen molar-refractivity contribution in [2.24, 2.45) is 5.41 Å². The monoisotopic (exact) mass is 355 g/mol. The second kappa shape index (κ2) is 6.76. The van der Waals surface area contributed by atoms with Crippen LogP contribution in [0.4, 0.5) is 0 Å². The zero-order valence-corrected chi connectivity index (χ0v) is 17.3. The third kappa shape index (κ3) is 4.14. The standard InChI is InChI=1S/C21H33N5/c1-14(2)26-13-15(11-24-26)10-22-17-8-21(6,7)9-18-16(17)12-23-19(25-18)20(3,4)5/h11-14,17,22H,8-10H2,1-7H3. The predicted octanol–water partition coefficient (Wildman–Crippen LogP) is 4.35. The lowest BCUT2D eigenvalue weighted by Crippen LogP contribution is -2.34. The molecule has 1 unspecified atom stereocenters.